The van der Waals surface area contributed by atoms with Crippen molar-refractivity contribution < 1.29 is 4.79 Å². The zero-order valence-electron chi connectivity index (χ0n) is 13.4. The minimum Gasteiger partial charge on any atom is -0.348 e. The topological polar surface area (TPSA) is 86.8 Å². The maximum atomic E-state index is 12.4. The predicted molar refractivity (Wildman–Crippen MR) is 90.6 cm³/mol. The molecular formula is C17H18N6O. The number of aryl methyl sites for hydroxylation is 1. The fourth-order valence-corrected chi connectivity index (χ4v) is 3.28. The van der Waals surface area contributed by atoms with E-state index in [-0.39, 0.29) is 18.5 Å². The number of nitrogens with one attached hydrogen (secondary N) is 2. The number of hydrogen-bond acceptors (Lipinski definition) is 5. The molecule has 1 aliphatic rings. The lowest BCUT2D eigenvalue weighted by Gasteiger charge is -2.20. The number of H-pyrrole nitrogens is 1. The van der Waals surface area contributed by atoms with Gasteiger partial charge in [-0.05, 0) is 24.0 Å². The van der Waals surface area contributed by atoms with E-state index in [0.717, 1.165) is 18.4 Å². The van der Waals surface area contributed by atoms with Gasteiger partial charge < -0.3 is 15.2 Å². The summed E-state index contributed by atoms with van der Waals surface area (Å²) in [6, 6.07) is 8.38. The Morgan fingerprint density at radius 3 is 3.12 bits per heavy atom. The summed E-state index contributed by atoms with van der Waals surface area (Å²) in [5.41, 5.74) is 3.88. The molecule has 7 nitrogen and oxygen atoms in total. The number of aromatic amines is 1. The fourth-order valence-electron chi connectivity index (χ4n) is 3.28. The molecule has 1 amide bonds. The molecule has 2 aromatic heterocycles. The number of nitrogens with zero attached hydrogens (tertiary/aromatic N) is 4. The lowest BCUT2D eigenvalue weighted by atomic mass is 10.1. The van der Waals surface area contributed by atoms with Crippen molar-refractivity contribution in [1.29, 1.82) is 0 Å². The smallest absolute Gasteiger partial charge is 0.240 e. The third kappa shape index (κ3) is 2.58. The molecule has 2 heterocycles. The van der Waals surface area contributed by atoms with E-state index in [9.17, 15) is 4.79 Å². The number of aromatic nitrogens is 4. The average molecular weight is 322 g/mol. The Labute approximate surface area is 139 Å². The number of amides is 1. The maximum absolute atomic E-state index is 12.4. The Bertz CT molecular complexity index is 889. The monoisotopic (exact) mass is 322 g/mol. The van der Waals surface area contributed by atoms with Crippen molar-refractivity contribution in [2.24, 2.45) is 0 Å². The van der Waals surface area contributed by atoms with Crippen molar-refractivity contribution in [1.82, 2.24) is 25.3 Å². The Morgan fingerprint density at radius 2 is 2.21 bits per heavy atom. The number of hydrogen-bond donors (Lipinski definition) is 2. The fraction of sp³-hybridized carbons (Fsp3) is 0.294. The minimum atomic E-state index is -0.0227. The van der Waals surface area contributed by atoms with Crippen LogP contribution in [0.25, 0.3) is 11.2 Å². The minimum absolute atomic E-state index is 0.0227. The van der Waals surface area contributed by atoms with Gasteiger partial charge in [-0.25, -0.2) is 15.0 Å². The van der Waals surface area contributed by atoms with E-state index in [1.807, 2.05) is 19.2 Å². The number of carbonyl (C=O) groups excluding carboxylic acids is 1. The highest BCUT2D eigenvalue weighted by Crippen LogP contribution is 2.30. The molecule has 0 fully saturated rings. The van der Waals surface area contributed by atoms with Gasteiger partial charge in [-0.1, -0.05) is 24.3 Å². The maximum Gasteiger partial charge on any atom is 0.240 e. The summed E-state index contributed by atoms with van der Waals surface area (Å²) in [5, 5.41) is 3.13. The van der Waals surface area contributed by atoms with Crippen molar-refractivity contribution in [3.05, 3.63) is 48.0 Å². The molecule has 0 bridgehead atoms. The van der Waals surface area contributed by atoms with Crippen molar-refractivity contribution in [3.8, 4) is 0 Å². The van der Waals surface area contributed by atoms with Crippen LogP contribution in [-0.4, -0.2) is 39.4 Å². The Kier molecular flexibility index (Phi) is 3.60. The molecule has 3 aromatic rings. The zero-order chi connectivity index (χ0) is 16.5. The summed E-state index contributed by atoms with van der Waals surface area (Å²) in [7, 11) is 1.84. The Morgan fingerprint density at radius 1 is 1.33 bits per heavy atom. The quantitative estimate of drug-likeness (QED) is 0.762. The van der Waals surface area contributed by atoms with Gasteiger partial charge in [0, 0.05) is 7.05 Å². The van der Waals surface area contributed by atoms with E-state index in [0.29, 0.717) is 11.5 Å². The molecule has 1 aliphatic carbocycles. The molecule has 1 aromatic carbocycles. The van der Waals surface area contributed by atoms with Crippen LogP contribution in [0.2, 0.25) is 0 Å². The van der Waals surface area contributed by atoms with Gasteiger partial charge in [-0.15, -0.1) is 0 Å². The third-order valence-corrected chi connectivity index (χ3v) is 4.41. The van der Waals surface area contributed by atoms with Gasteiger partial charge in [-0.2, -0.15) is 0 Å². The molecule has 2 N–H and O–H groups in total. The third-order valence-electron chi connectivity index (χ3n) is 4.41. The number of carbonyl (C=O) groups is 1. The standard InChI is InChI=1S/C17H18N6O/c1-23(17-15-16(19-9-18-15)20-10-21-17)8-14(24)22-13-7-6-11-4-2-3-5-12(11)13/h2-5,9-10,13H,6-8H2,1H3,(H,22,24)(H,18,19,20,21)/t13-/m1/s1. The van der Waals surface area contributed by atoms with Gasteiger partial charge in [0.05, 0.1) is 18.9 Å². The lowest BCUT2D eigenvalue weighted by Crippen LogP contribution is -2.37. The second kappa shape index (κ2) is 5.92. The van der Waals surface area contributed by atoms with E-state index in [1.165, 1.54) is 17.5 Å². The second-order valence-corrected chi connectivity index (χ2v) is 6.01. The van der Waals surface area contributed by atoms with Gasteiger partial charge in [0.1, 0.15) is 11.8 Å². The first-order valence-corrected chi connectivity index (χ1v) is 7.95. The van der Waals surface area contributed by atoms with Crippen molar-refractivity contribution >= 4 is 22.9 Å². The van der Waals surface area contributed by atoms with Crippen LogP contribution in [0.5, 0.6) is 0 Å². The number of likely N-dealkylation sites (N-methyl/N-ethyl adjacent to an activating group) is 1. The lowest BCUT2D eigenvalue weighted by molar-refractivity contribution is -0.120. The van der Waals surface area contributed by atoms with Gasteiger partial charge in [-0.3, -0.25) is 4.79 Å². The average Bonchev–Trinajstić information content (AvgIpc) is 3.21. The van der Waals surface area contributed by atoms with Crippen LogP contribution in [0, 0.1) is 0 Å². The molecule has 0 saturated carbocycles. The predicted octanol–water partition coefficient (Wildman–Crippen LogP) is 1.59. The number of benzene rings is 1. The van der Waals surface area contributed by atoms with Crippen LogP contribution in [0.1, 0.15) is 23.6 Å². The van der Waals surface area contributed by atoms with E-state index in [1.54, 1.807) is 11.2 Å². The van der Waals surface area contributed by atoms with Gasteiger partial charge >= 0.3 is 0 Å². The summed E-state index contributed by atoms with van der Waals surface area (Å²) >= 11 is 0. The van der Waals surface area contributed by atoms with Crippen molar-refractivity contribution in [2.45, 2.75) is 18.9 Å². The Hall–Kier alpha value is -2.96. The molecule has 122 valence electrons. The first-order chi connectivity index (χ1) is 11.7. The molecule has 4 rings (SSSR count). The molecule has 1 atom stereocenters. The normalized spacial score (nSPS) is 16.1. The number of rotatable bonds is 4. The molecule has 24 heavy (non-hydrogen) atoms. The summed E-state index contributed by atoms with van der Waals surface area (Å²) in [4.78, 5) is 29.7. The van der Waals surface area contributed by atoms with Crippen LogP contribution in [0.15, 0.2) is 36.9 Å². The van der Waals surface area contributed by atoms with Gasteiger partial charge in [0.2, 0.25) is 5.91 Å². The second-order valence-electron chi connectivity index (χ2n) is 6.01. The van der Waals surface area contributed by atoms with Crippen LogP contribution < -0.4 is 10.2 Å². The first kappa shape index (κ1) is 14.6. The van der Waals surface area contributed by atoms with E-state index >= 15 is 0 Å². The number of anilines is 1. The van der Waals surface area contributed by atoms with Crippen molar-refractivity contribution in [3.63, 3.8) is 0 Å². The van der Waals surface area contributed by atoms with E-state index in [4.69, 9.17) is 0 Å². The SMILES string of the molecule is CN(CC(=O)N[C@@H]1CCc2ccccc21)c1ncnc2nc[nH]c12. The van der Waals surface area contributed by atoms with Crippen LogP contribution >= 0.6 is 0 Å². The van der Waals surface area contributed by atoms with E-state index < -0.39 is 0 Å². The van der Waals surface area contributed by atoms with Crippen LogP contribution in [-0.2, 0) is 11.2 Å². The molecule has 0 unspecified atom stereocenters. The molecule has 0 aliphatic heterocycles. The Balaban J connectivity index is 1.46. The summed E-state index contributed by atoms with van der Waals surface area (Å²) in [5.74, 6) is 0.643. The molecule has 7 heteroatoms. The van der Waals surface area contributed by atoms with Gasteiger partial charge in [0.25, 0.3) is 0 Å². The summed E-state index contributed by atoms with van der Waals surface area (Å²) in [6.07, 6.45) is 5.00. The first-order valence-electron chi connectivity index (χ1n) is 7.95. The van der Waals surface area contributed by atoms with Crippen LogP contribution in [0.4, 0.5) is 5.82 Å². The molecular weight excluding hydrogens is 304 g/mol. The largest absolute Gasteiger partial charge is 0.348 e. The van der Waals surface area contributed by atoms with Gasteiger partial charge in [0.15, 0.2) is 11.5 Å². The number of fused-ring (bicyclic) bond motifs is 2. The van der Waals surface area contributed by atoms with Crippen molar-refractivity contribution in [2.75, 3.05) is 18.5 Å². The highest BCUT2D eigenvalue weighted by molar-refractivity contribution is 5.87. The molecule has 0 spiro atoms. The highest BCUT2D eigenvalue weighted by Gasteiger charge is 2.24. The van der Waals surface area contributed by atoms with Crippen LogP contribution in [0.3, 0.4) is 0 Å². The molecule has 0 saturated heterocycles. The summed E-state index contributed by atoms with van der Waals surface area (Å²) in [6.45, 7) is 0.226. The summed E-state index contributed by atoms with van der Waals surface area (Å²) < 4.78 is 0. The number of imidazole rings is 1. The van der Waals surface area contributed by atoms with E-state index in [2.05, 4.69) is 37.4 Å². The molecule has 0 radical (unpaired) electrons. The highest BCUT2D eigenvalue weighted by atomic mass is 16.2. The zero-order valence-corrected chi connectivity index (χ0v) is 13.4.